The molecule has 1 aromatic heterocycles. The Kier molecular flexibility index (Phi) is 5.36. The first kappa shape index (κ1) is 14.4. The molecule has 0 bridgehead atoms. The monoisotopic (exact) mass is 276 g/mol. The third-order valence-corrected chi connectivity index (χ3v) is 3.35. The Morgan fingerprint density at radius 3 is 2.88 bits per heavy atom. The summed E-state index contributed by atoms with van der Waals surface area (Å²) in [7, 11) is 0. The van der Waals surface area contributed by atoms with Crippen molar-refractivity contribution in [2.24, 2.45) is 11.7 Å². The van der Waals surface area contributed by atoms with Gasteiger partial charge in [0, 0.05) is 12.6 Å². The minimum absolute atomic E-state index is 0. The lowest BCUT2D eigenvalue weighted by molar-refractivity contribution is 0.0917. The number of nitrogens with two attached hydrogens (primary N) is 1. The number of furan rings is 1. The van der Waals surface area contributed by atoms with Gasteiger partial charge in [0.15, 0.2) is 10.9 Å². The van der Waals surface area contributed by atoms with Crippen molar-refractivity contribution in [1.82, 2.24) is 5.32 Å². The van der Waals surface area contributed by atoms with Crippen molar-refractivity contribution < 1.29 is 9.21 Å². The smallest absolute Gasteiger partial charge is 0.287 e. The molecule has 3 N–H and O–H groups in total. The molecule has 96 valence electrons. The van der Waals surface area contributed by atoms with Crippen LogP contribution in [0.25, 0.3) is 0 Å². The molecule has 1 atom stereocenters. The highest BCUT2D eigenvalue weighted by Crippen LogP contribution is 2.31. The van der Waals surface area contributed by atoms with Gasteiger partial charge in [-0.05, 0) is 37.1 Å². The number of amides is 1. The number of halogens is 1. The zero-order chi connectivity index (χ0) is 11.5. The maximum absolute atomic E-state index is 11.7. The molecule has 1 fully saturated rings. The van der Waals surface area contributed by atoms with E-state index in [9.17, 15) is 4.79 Å². The van der Waals surface area contributed by atoms with Crippen LogP contribution in [0.3, 0.4) is 0 Å². The second kappa shape index (κ2) is 6.33. The Hall–Kier alpha value is -0.650. The van der Waals surface area contributed by atoms with E-state index >= 15 is 0 Å². The molecule has 1 aliphatic rings. The molecule has 0 aromatic carbocycles. The van der Waals surface area contributed by atoms with Crippen molar-refractivity contribution in [1.29, 1.82) is 0 Å². The Labute approximate surface area is 111 Å². The van der Waals surface area contributed by atoms with Crippen LogP contribution in [0.5, 0.6) is 0 Å². The number of carbonyl (C=O) groups is 1. The summed E-state index contributed by atoms with van der Waals surface area (Å²) in [6.07, 6.45) is 4.28. The summed E-state index contributed by atoms with van der Waals surface area (Å²) in [5.74, 6) is 0.766. The lowest BCUT2D eigenvalue weighted by Gasteiger charge is -2.10. The fourth-order valence-corrected chi connectivity index (χ4v) is 1.92. The first-order chi connectivity index (χ1) is 7.70. The maximum Gasteiger partial charge on any atom is 0.287 e. The minimum Gasteiger partial charge on any atom is -0.445 e. The van der Waals surface area contributed by atoms with Crippen LogP contribution in [0.1, 0.15) is 23.4 Å². The van der Waals surface area contributed by atoms with Crippen molar-refractivity contribution in [3.05, 3.63) is 17.9 Å². The number of rotatable bonds is 5. The molecule has 2 rings (SSSR count). The molecule has 1 unspecified atom stereocenters. The second-order valence-corrected chi connectivity index (χ2v) is 4.84. The van der Waals surface area contributed by atoms with Crippen LogP contribution < -0.4 is 11.1 Å². The average molecular weight is 277 g/mol. The highest BCUT2D eigenvalue weighted by Gasteiger charge is 2.28. The quantitative estimate of drug-likeness (QED) is 0.806. The van der Waals surface area contributed by atoms with E-state index in [1.54, 1.807) is 12.1 Å². The van der Waals surface area contributed by atoms with Gasteiger partial charge in [0.1, 0.15) is 0 Å². The Morgan fingerprint density at radius 1 is 1.65 bits per heavy atom. The molecule has 0 spiro atoms. The summed E-state index contributed by atoms with van der Waals surface area (Å²) in [6.45, 7) is 0.527. The van der Waals surface area contributed by atoms with Gasteiger partial charge in [-0.15, -0.1) is 12.4 Å². The Morgan fingerprint density at radius 2 is 2.35 bits per heavy atom. The van der Waals surface area contributed by atoms with Crippen molar-refractivity contribution in [2.75, 3.05) is 12.8 Å². The summed E-state index contributed by atoms with van der Waals surface area (Å²) < 4.78 is 5.31. The van der Waals surface area contributed by atoms with E-state index in [0.29, 0.717) is 18.2 Å². The van der Waals surface area contributed by atoms with Crippen molar-refractivity contribution in [3.8, 4) is 0 Å². The molecular formula is C11H17ClN2O2S. The van der Waals surface area contributed by atoms with Crippen LogP contribution in [0, 0.1) is 5.92 Å². The third kappa shape index (κ3) is 3.94. The van der Waals surface area contributed by atoms with Gasteiger partial charge in [-0.3, -0.25) is 4.79 Å². The van der Waals surface area contributed by atoms with Crippen LogP contribution in [0.2, 0.25) is 0 Å². The van der Waals surface area contributed by atoms with Crippen LogP contribution in [0.4, 0.5) is 0 Å². The number of carbonyl (C=O) groups excluding carboxylic acids is 1. The molecule has 0 aliphatic heterocycles. The maximum atomic E-state index is 11.7. The lowest BCUT2D eigenvalue weighted by Crippen LogP contribution is -2.38. The van der Waals surface area contributed by atoms with Crippen LogP contribution in [0.15, 0.2) is 21.6 Å². The standard InChI is InChI=1S/C11H16N2O2S.ClH/c1-16-10-5-4-9(15-10)11(14)13-6-8(12)7-2-3-7;/h4-5,7-8H,2-3,6,12H2,1H3,(H,13,14);1H. The van der Waals surface area contributed by atoms with Gasteiger partial charge in [0.05, 0.1) is 0 Å². The van der Waals surface area contributed by atoms with E-state index in [2.05, 4.69) is 5.32 Å². The fraction of sp³-hybridized carbons (Fsp3) is 0.545. The van der Waals surface area contributed by atoms with Gasteiger partial charge in [-0.1, -0.05) is 11.8 Å². The zero-order valence-electron chi connectivity index (χ0n) is 9.64. The summed E-state index contributed by atoms with van der Waals surface area (Å²) >= 11 is 1.47. The van der Waals surface area contributed by atoms with Gasteiger partial charge in [-0.2, -0.15) is 0 Å². The largest absolute Gasteiger partial charge is 0.445 e. The predicted octanol–water partition coefficient (Wildman–Crippen LogP) is 1.89. The summed E-state index contributed by atoms with van der Waals surface area (Å²) in [5, 5.41) is 3.54. The first-order valence-electron chi connectivity index (χ1n) is 5.38. The second-order valence-electron chi connectivity index (χ2n) is 4.03. The van der Waals surface area contributed by atoms with Crippen LogP contribution in [-0.4, -0.2) is 24.7 Å². The van der Waals surface area contributed by atoms with Crippen LogP contribution >= 0.6 is 24.2 Å². The summed E-state index contributed by atoms with van der Waals surface area (Å²) in [5.41, 5.74) is 5.89. The van der Waals surface area contributed by atoms with Crippen molar-refractivity contribution in [2.45, 2.75) is 24.0 Å². The van der Waals surface area contributed by atoms with E-state index in [1.165, 1.54) is 24.6 Å². The van der Waals surface area contributed by atoms with Gasteiger partial charge in [0.25, 0.3) is 5.91 Å². The normalized spacial score (nSPS) is 16.1. The van der Waals surface area contributed by atoms with Gasteiger partial charge in [0.2, 0.25) is 0 Å². The van der Waals surface area contributed by atoms with Crippen LogP contribution in [-0.2, 0) is 0 Å². The molecular weight excluding hydrogens is 260 g/mol. The summed E-state index contributed by atoms with van der Waals surface area (Å²) in [4.78, 5) is 11.7. The molecule has 0 saturated heterocycles. The number of thioether (sulfide) groups is 1. The highest BCUT2D eigenvalue weighted by molar-refractivity contribution is 7.98. The predicted molar refractivity (Wildman–Crippen MR) is 70.8 cm³/mol. The SMILES string of the molecule is CSc1ccc(C(=O)NCC(N)C2CC2)o1.Cl. The Bertz CT molecular complexity index is 379. The van der Waals surface area contributed by atoms with Gasteiger partial charge < -0.3 is 15.5 Å². The number of nitrogens with one attached hydrogen (secondary N) is 1. The molecule has 1 amide bonds. The van der Waals surface area contributed by atoms with Crippen molar-refractivity contribution >= 4 is 30.1 Å². The van der Waals surface area contributed by atoms with E-state index in [4.69, 9.17) is 10.2 Å². The third-order valence-electron chi connectivity index (χ3n) is 2.73. The molecule has 17 heavy (non-hydrogen) atoms. The minimum atomic E-state index is -0.184. The lowest BCUT2D eigenvalue weighted by atomic mass is 10.2. The number of hydrogen-bond acceptors (Lipinski definition) is 4. The average Bonchev–Trinajstić information content (AvgIpc) is 3.03. The van der Waals surface area contributed by atoms with E-state index in [0.717, 1.165) is 5.09 Å². The fourth-order valence-electron chi connectivity index (χ4n) is 1.54. The Balaban J connectivity index is 0.00000144. The van der Waals surface area contributed by atoms with Gasteiger partial charge in [-0.25, -0.2) is 0 Å². The molecule has 6 heteroatoms. The number of hydrogen-bond donors (Lipinski definition) is 2. The van der Waals surface area contributed by atoms with E-state index in [1.807, 2.05) is 6.26 Å². The molecule has 0 radical (unpaired) electrons. The van der Waals surface area contributed by atoms with E-state index in [-0.39, 0.29) is 24.4 Å². The summed E-state index contributed by atoms with van der Waals surface area (Å²) in [6, 6.07) is 3.56. The first-order valence-corrected chi connectivity index (χ1v) is 6.61. The molecule has 1 aromatic rings. The molecule has 1 saturated carbocycles. The highest BCUT2D eigenvalue weighted by atomic mass is 35.5. The zero-order valence-corrected chi connectivity index (χ0v) is 11.3. The topological polar surface area (TPSA) is 68.3 Å². The van der Waals surface area contributed by atoms with Crippen molar-refractivity contribution in [3.63, 3.8) is 0 Å². The van der Waals surface area contributed by atoms with Gasteiger partial charge >= 0.3 is 0 Å². The molecule has 1 heterocycles. The molecule has 1 aliphatic carbocycles. The molecule has 4 nitrogen and oxygen atoms in total. The van der Waals surface area contributed by atoms with E-state index < -0.39 is 0 Å².